The van der Waals surface area contributed by atoms with Gasteiger partial charge in [0.25, 0.3) is 0 Å². The monoisotopic (exact) mass is 301 g/mol. The summed E-state index contributed by atoms with van der Waals surface area (Å²) >= 11 is 0. The van der Waals surface area contributed by atoms with Gasteiger partial charge in [0.2, 0.25) is 5.91 Å². The molecule has 1 aliphatic heterocycles. The van der Waals surface area contributed by atoms with Crippen molar-refractivity contribution in [1.29, 1.82) is 0 Å². The quantitative estimate of drug-likeness (QED) is 0.852. The Bertz CT molecular complexity index is 761. The number of rotatable bonds is 2. The highest BCUT2D eigenvalue weighted by atomic mass is 16.4. The summed E-state index contributed by atoms with van der Waals surface area (Å²) in [5.74, 6) is -0.290. The first kappa shape index (κ1) is 14.6. The summed E-state index contributed by atoms with van der Waals surface area (Å²) in [5, 5.41) is 3.31. The second-order valence-electron chi connectivity index (χ2n) is 5.61. The molecule has 1 saturated heterocycles. The molecular weight excluding hydrogens is 282 g/mol. The van der Waals surface area contributed by atoms with Crippen LogP contribution in [0.4, 0.5) is 11.4 Å². The number of hydrogen-bond acceptors (Lipinski definition) is 5. The van der Waals surface area contributed by atoms with Gasteiger partial charge in [-0.25, -0.2) is 4.79 Å². The summed E-state index contributed by atoms with van der Waals surface area (Å²) in [5.41, 5.74) is 1.16. The van der Waals surface area contributed by atoms with Crippen molar-refractivity contribution in [3.8, 4) is 0 Å². The van der Waals surface area contributed by atoms with Crippen LogP contribution < -0.4 is 15.8 Å². The molecule has 1 aromatic heterocycles. The number of carbonyl (C=O) groups excluding carboxylic acids is 1. The molecule has 0 unspecified atom stereocenters. The second kappa shape index (κ2) is 5.81. The maximum atomic E-state index is 12.0. The second-order valence-corrected chi connectivity index (χ2v) is 5.61. The Balaban J connectivity index is 2.03. The van der Waals surface area contributed by atoms with Crippen LogP contribution in [-0.2, 0) is 4.79 Å². The van der Waals surface area contributed by atoms with Crippen molar-refractivity contribution in [2.75, 3.05) is 43.4 Å². The lowest BCUT2D eigenvalue weighted by atomic mass is 10.1. The lowest BCUT2D eigenvalue weighted by molar-refractivity contribution is -0.114. The first-order chi connectivity index (χ1) is 10.5. The molecule has 0 bridgehead atoms. The van der Waals surface area contributed by atoms with E-state index in [9.17, 15) is 9.59 Å². The van der Waals surface area contributed by atoms with Gasteiger partial charge in [0.05, 0.1) is 5.69 Å². The summed E-state index contributed by atoms with van der Waals surface area (Å²) in [6.45, 7) is 5.11. The number of para-hydroxylation sites is 1. The third kappa shape index (κ3) is 2.82. The van der Waals surface area contributed by atoms with Crippen molar-refractivity contribution in [1.82, 2.24) is 4.90 Å². The SMILES string of the molecule is CC(=O)Nc1cc2cccc(N3CCN(C)CC3)c2oc1=O. The summed E-state index contributed by atoms with van der Waals surface area (Å²) in [4.78, 5) is 27.7. The summed E-state index contributed by atoms with van der Waals surface area (Å²) in [6.07, 6.45) is 0. The van der Waals surface area contributed by atoms with Crippen molar-refractivity contribution in [3.63, 3.8) is 0 Å². The number of amides is 1. The summed E-state index contributed by atoms with van der Waals surface area (Å²) in [6, 6.07) is 7.45. The molecule has 6 nitrogen and oxygen atoms in total. The van der Waals surface area contributed by atoms with Gasteiger partial charge in [-0.3, -0.25) is 4.79 Å². The molecule has 0 saturated carbocycles. The van der Waals surface area contributed by atoms with Gasteiger partial charge in [-0.15, -0.1) is 0 Å². The van der Waals surface area contributed by atoms with Crippen LogP contribution in [0.5, 0.6) is 0 Å². The van der Waals surface area contributed by atoms with Crippen LogP contribution in [-0.4, -0.2) is 44.0 Å². The van der Waals surface area contributed by atoms with E-state index in [1.54, 1.807) is 6.07 Å². The topological polar surface area (TPSA) is 65.8 Å². The molecule has 0 aliphatic carbocycles. The highest BCUT2D eigenvalue weighted by molar-refractivity contribution is 5.94. The van der Waals surface area contributed by atoms with E-state index in [4.69, 9.17) is 4.42 Å². The number of piperazine rings is 1. The predicted molar refractivity (Wildman–Crippen MR) is 86.5 cm³/mol. The highest BCUT2D eigenvalue weighted by Crippen LogP contribution is 2.27. The van der Waals surface area contributed by atoms with Crippen LogP contribution in [0.15, 0.2) is 33.5 Å². The van der Waals surface area contributed by atoms with Crippen LogP contribution in [0.2, 0.25) is 0 Å². The molecule has 1 fully saturated rings. The molecule has 0 atom stereocenters. The third-order valence-electron chi connectivity index (χ3n) is 3.89. The molecule has 1 N–H and O–H groups in total. The smallest absolute Gasteiger partial charge is 0.360 e. The van der Waals surface area contributed by atoms with Gasteiger partial charge in [0.15, 0.2) is 5.58 Å². The number of benzene rings is 1. The van der Waals surface area contributed by atoms with Crippen molar-refractivity contribution in [2.24, 2.45) is 0 Å². The Labute approximate surface area is 128 Å². The Morgan fingerprint density at radius 2 is 1.95 bits per heavy atom. The minimum atomic E-state index is -0.524. The Morgan fingerprint density at radius 1 is 1.23 bits per heavy atom. The van der Waals surface area contributed by atoms with Crippen LogP contribution in [0.1, 0.15) is 6.92 Å². The molecular formula is C16H19N3O3. The number of carbonyl (C=O) groups is 1. The molecule has 22 heavy (non-hydrogen) atoms. The number of likely N-dealkylation sites (N-methyl/N-ethyl adjacent to an activating group) is 1. The summed E-state index contributed by atoms with van der Waals surface area (Å²) in [7, 11) is 2.10. The number of fused-ring (bicyclic) bond motifs is 1. The van der Waals surface area contributed by atoms with Crippen LogP contribution in [0, 0.1) is 0 Å². The molecule has 2 heterocycles. The van der Waals surface area contributed by atoms with E-state index in [2.05, 4.69) is 22.2 Å². The van der Waals surface area contributed by atoms with Gasteiger partial charge in [-0.05, 0) is 19.2 Å². The van der Waals surface area contributed by atoms with Crippen molar-refractivity contribution in [2.45, 2.75) is 6.92 Å². The lowest BCUT2D eigenvalue weighted by Gasteiger charge is -2.34. The van der Waals surface area contributed by atoms with Crippen LogP contribution in [0.25, 0.3) is 11.0 Å². The third-order valence-corrected chi connectivity index (χ3v) is 3.89. The molecule has 116 valence electrons. The van der Waals surface area contributed by atoms with E-state index in [0.29, 0.717) is 5.58 Å². The molecule has 3 rings (SSSR count). The van der Waals surface area contributed by atoms with Gasteiger partial charge in [0.1, 0.15) is 5.69 Å². The van der Waals surface area contributed by atoms with Crippen LogP contribution in [0.3, 0.4) is 0 Å². The first-order valence-corrected chi connectivity index (χ1v) is 7.32. The minimum Gasteiger partial charge on any atom is -0.419 e. The van der Waals surface area contributed by atoms with E-state index in [0.717, 1.165) is 37.3 Å². The fourth-order valence-electron chi connectivity index (χ4n) is 2.70. The van der Waals surface area contributed by atoms with Crippen LogP contribution >= 0.6 is 0 Å². The number of nitrogens with zero attached hydrogens (tertiary/aromatic N) is 2. The van der Waals surface area contributed by atoms with E-state index in [1.165, 1.54) is 6.92 Å². The van der Waals surface area contributed by atoms with Gasteiger partial charge >= 0.3 is 5.63 Å². The predicted octanol–water partition coefficient (Wildman–Crippen LogP) is 1.50. The first-order valence-electron chi connectivity index (χ1n) is 7.32. The van der Waals surface area contributed by atoms with E-state index >= 15 is 0 Å². The largest absolute Gasteiger partial charge is 0.419 e. The zero-order valence-corrected chi connectivity index (χ0v) is 12.8. The maximum Gasteiger partial charge on any atom is 0.360 e. The van der Waals surface area contributed by atoms with E-state index in [-0.39, 0.29) is 11.6 Å². The molecule has 6 heteroatoms. The number of anilines is 2. The van der Waals surface area contributed by atoms with Crippen molar-refractivity contribution in [3.05, 3.63) is 34.7 Å². The fourth-order valence-corrected chi connectivity index (χ4v) is 2.70. The molecule has 0 spiro atoms. The summed E-state index contributed by atoms with van der Waals surface area (Å²) < 4.78 is 5.48. The highest BCUT2D eigenvalue weighted by Gasteiger charge is 2.18. The van der Waals surface area contributed by atoms with Crippen molar-refractivity contribution >= 4 is 28.3 Å². The van der Waals surface area contributed by atoms with Gasteiger partial charge in [-0.1, -0.05) is 12.1 Å². The molecule has 0 radical (unpaired) electrons. The maximum absolute atomic E-state index is 12.0. The fraction of sp³-hybridized carbons (Fsp3) is 0.375. The van der Waals surface area contributed by atoms with Gasteiger partial charge in [0, 0.05) is 38.5 Å². The number of nitrogens with one attached hydrogen (secondary N) is 1. The Hall–Kier alpha value is -2.34. The standard InChI is InChI=1S/C16H19N3O3/c1-11(20)17-13-10-12-4-3-5-14(15(12)22-16(13)21)19-8-6-18(2)7-9-19/h3-5,10H,6-9H2,1-2H3,(H,17,20). The molecule has 1 aromatic carbocycles. The normalized spacial score (nSPS) is 16.0. The van der Waals surface area contributed by atoms with Crippen molar-refractivity contribution < 1.29 is 9.21 Å². The zero-order valence-electron chi connectivity index (χ0n) is 12.8. The van der Waals surface area contributed by atoms with Gasteiger partial charge < -0.3 is 19.5 Å². The Morgan fingerprint density at radius 3 is 2.64 bits per heavy atom. The van der Waals surface area contributed by atoms with E-state index < -0.39 is 5.63 Å². The minimum absolute atomic E-state index is 0.176. The Kier molecular flexibility index (Phi) is 3.85. The van der Waals surface area contributed by atoms with E-state index in [1.807, 2.05) is 18.2 Å². The molecule has 1 aliphatic rings. The lowest BCUT2D eigenvalue weighted by Crippen LogP contribution is -2.44. The average molecular weight is 301 g/mol. The molecule has 1 amide bonds. The average Bonchev–Trinajstić information content (AvgIpc) is 2.48. The van der Waals surface area contributed by atoms with Gasteiger partial charge in [-0.2, -0.15) is 0 Å². The number of hydrogen-bond donors (Lipinski definition) is 1. The zero-order chi connectivity index (χ0) is 15.7. The molecule has 2 aromatic rings.